The Morgan fingerprint density at radius 2 is 2.00 bits per heavy atom. The fraction of sp³-hybridized carbons (Fsp3) is 0.304. The number of aromatic nitrogens is 1. The van der Waals surface area contributed by atoms with Crippen molar-refractivity contribution < 1.29 is 22.7 Å². The number of hydrogen-bond acceptors (Lipinski definition) is 5. The Hall–Kier alpha value is -3.33. The van der Waals surface area contributed by atoms with E-state index in [9.17, 15) is 18.0 Å². The first-order valence-electron chi connectivity index (χ1n) is 10.2. The number of carbonyl (C=O) groups is 2. The highest BCUT2D eigenvalue weighted by Crippen LogP contribution is 2.34. The highest BCUT2D eigenvalue weighted by molar-refractivity contribution is 7.92. The lowest BCUT2D eigenvalue weighted by atomic mass is 10.0. The molecule has 32 heavy (non-hydrogen) atoms. The number of methoxy groups -OCH3 is 1. The molecule has 168 valence electrons. The lowest BCUT2D eigenvalue weighted by Gasteiger charge is -2.22. The van der Waals surface area contributed by atoms with Gasteiger partial charge >= 0.3 is 5.97 Å². The highest BCUT2D eigenvalue weighted by atomic mass is 32.2. The summed E-state index contributed by atoms with van der Waals surface area (Å²) in [6.45, 7) is 1.83. The molecule has 1 aliphatic rings. The number of para-hydroxylation sites is 1. The average Bonchev–Trinajstić information content (AvgIpc) is 3.31. The molecular formula is C23H25N3O5S. The number of H-pyrrole nitrogens is 1. The Balaban J connectivity index is 1.57. The van der Waals surface area contributed by atoms with E-state index >= 15 is 0 Å². The molecule has 2 heterocycles. The monoisotopic (exact) mass is 455 g/mol. The van der Waals surface area contributed by atoms with Crippen LogP contribution in [0.5, 0.6) is 0 Å². The molecule has 0 radical (unpaired) electrons. The number of benzene rings is 2. The predicted octanol–water partition coefficient (Wildman–Crippen LogP) is 2.39. The zero-order valence-corrected chi connectivity index (χ0v) is 18.9. The van der Waals surface area contributed by atoms with Gasteiger partial charge in [-0.15, -0.1) is 0 Å². The Morgan fingerprint density at radius 3 is 2.72 bits per heavy atom. The van der Waals surface area contributed by atoms with Crippen LogP contribution in [0, 0.1) is 0 Å². The van der Waals surface area contributed by atoms with Crippen molar-refractivity contribution in [3.63, 3.8) is 0 Å². The molecular weight excluding hydrogens is 430 g/mol. The summed E-state index contributed by atoms with van der Waals surface area (Å²) in [4.78, 5) is 28.5. The summed E-state index contributed by atoms with van der Waals surface area (Å²) in [7, 11) is -2.13. The van der Waals surface area contributed by atoms with Gasteiger partial charge in [0.25, 0.3) is 5.91 Å². The smallest absolute Gasteiger partial charge is 0.328 e. The third kappa shape index (κ3) is 4.08. The lowest BCUT2D eigenvalue weighted by Crippen LogP contribution is -2.43. The molecule has 2 atom stereocenters. The summed E-state index contributed by atoms with van der Waals surface area (Å²) in [6, 6.07) is 11.5. The van der Waals surface area contributed by atoms with Gasteiger partial charge in [-0.3, -0.25) is 9.10 Å². The normalized spacial score (nSPS) is 16.6. The molecule has 1 amide bonds. The second-order valence-corrected chi connectivity index (χ2v) is 9.93. The van der Waals surface area contributed by atoms with Gasteiger partial charge in [-0.25, -0.2) is 13.2 Å². The number of anilines is 1. The van der Waals surface area contributed by atoms with Crippen LogP contribution in [-0.4, -0.2) is 50.7 Å². The number of nitrogens with zero attached hydrogens (tertiary/aromatic N) is 1. The maximum absolute atomic E-state index is 13.0. The summed E-state index contributed by atoms with van der Waals surface area (Å²) >= 11 is 0. The number of fused-ring (bicyclic) bond motifs is 2. The first kappa shape index (κ1) is 21.9. The topological polar surface area (TPSA) is 109 Å². The van der Waals surface area contributed by atoms with Crippen LogP contribution in [0.15, 0.2) is 48.7 Å². The average molecular weight is 456 g/mol. The molecule has 0 bridgehead atoms. The van der Waals surface area contributed by atoms with Crippen molar-refractivity contribution in [2.75, 3.05) is 17.7 Å². The molecule has 1 aliphatic heterocycles. The second-order valence-electron chi connectivity index (χ2n) is 8.07. The molecule has 1 aromatic heterocycles. The van der Waals surface area contributed by atoms with E-state index in [1.165, 1.54) is 17.7 Å². The van der Waals surface area contributed by atoms with E-state index in [0.29, 0.717) is 17.7 Å². The van der Waals surface area contributed by atoms with E-state index in [-0.39, 0.29) is 12.5 Å². The van der Waals surface area contributed by atoms with E-state index in [4.69, 9.17) is 4.74 Å². The third-order valence-corrected chi connectivity index (χ3v) is 7.01. The fourth-order valence-electron chi connectivity index (χ4n) is 4.35. The van der Waals surface area contributed by atoms with Crippen LogP contribution in [0.25, 0.3) is 10.9 Å². The van der Waals surface area contributed by atoms with Gasteiger partial charge in [0.1, 0.15) is 6.04 Å². The van der Waals surface area contributed by atoms with Crippen LogP contribution >= 0.6 is 0 Å². The van der Waals surface area contributed by atoms with Crippen LogP contribution in [-0.2, 0) is 32.4 Å². The SMILES string of the molecule is COC(=O)[C@H](Cc1c[nH]c2ccccc12)NC(=O)c1ccc2c(c1)C[C@@H](C)N2S(C)(=O)=O. The molecule has 0 saturated carbocycles. The molecule has 9 heteroatoms. The first-order valence-corrected chi connectivity index (χ1v) is 12.1. The van der Waals surface area contributed by atoms with Crippen molar-refractivity contribution in [3.8, 4) is 0 Å². The number of esters is 1. The van der Waals surface area contributed by atoms with Crippen molar-refractivity contribution in [3.05, 3.63) is 65.4 Å². The maximum Gasteiger partial charge on any atom is 0.328 e. The largest absolute Gasteiger partial charge is 0.467 e. The van der Waals surface area contributed by atoms with Gasteiger partial charge in [-0.05, 0) is 48.7 Å². The standard InChI is InChI=1S/C23H25N3O5S/c1-14-10-16-11-15(8-9-21(16)26(14)32(3,29)30)22(27)25-20(23(28)31-2)12-17-13-24-19-7-5-4-6-18(17)19/h4-9,11,13-14,20,24H,10,12H2,1-3H3,(H,25,27)/t14-,20+/m1/s1. The molecule has 0 fully saturated rings. The number of nitrogens with one attached hydrogen (secondary N) is 2. The van der Waals surface area contributed by atoms with Crippen LogP contribution in [0.2, 0.25) is 0 Å². The summed E-state index contributed by atoms with van der Waals surface area (Å²) in [5.41, 5.74) is 3.56. The Labute approximate surface area is 186 Å². The quantitative estimate of drug-likeness (QED) is 0.555. The number of rotatable bonds is 6. The lowest BCUT2D eigenvalue weighted by molar-refractivity contribution is -0.142. The van der Waals surface area contributed by atoms with Gasteiger partial charge in [0.05, 0.1) is 19.1 Å². The molecule has 3 aromatic rings. The summed E-state index contributed by atoms with van der Waals surface area (Å²) in [5.74, 6) is -0.963. The number of sulfonamides is 1. The molecule has 8 nitrogen and oxygen atoms in total. The molecule has 2 aromatic carbocycles. The van der Waals surface area contributed by atoms with Crippen LogP contribution in [0.4, 0.5) is 5.69 Å². The Bertz CT molecular complexity index is 1300. The minimum Gasteiger partial charge on any atom is -0.467 e. The summed E-state index contributed by atoms with van der Waals surface area (Å²) in [6.07, 6.45) is 3.78. The summed E-state index contributed by atoms with van der Waals surface area (Å²) < 4.78 is 30.5. The van der Waals surface area contributed by atoms with Crippen molar-refractivity contribution in [2.24, 2.45) is 0 Å². The number of hydrogen-bond donors (Lipinski definition) is 2. The van der Waals surface area contributed by atoms with Crippen molar-refractivity contribution in [1.82, 2.24) is 10.3 Å². The fourth-order valence-corrected chi connectivity index (χ4v) is 5.61. The first-order chi connectivity index (χ1) is 15.2. The molecule has 4 rings (SSSR count). The van der Waals surface area contributed by atoms with E-state index in [0.717, 1.165) is 22.0 Å². The zero-order chi connectivity index (χ0) is 23.0. The van der Waals surface area contributed by atoms with Crippen LogP contribution < -0.4 is 9.62 Å². The molecule has 0 aliphatic carbocycles. The van der Waals surface area contributed by atoms with Gasteiger partial charge in [-0.1, -0.05) is 18.2 Å². The van der Waals surface area contributed by atoms with Gasteiger partial charge in [-0.2, -0.15) is 0 Å². The number of ether oxygens (including phenoxy) is 1. The van der Waals surface area contributed by atoms with Gasteiger partial charge in [0.15, 0.2) is 0 Å². The van der Waals surface area contributed by atoms with Crippen LogP contribution in [0.1, 0.15) is 28.4 Å². The maximum atomic E-state index is 13.0. The number of amides is 1. The molecule has 0 unspecified atom stereocenters. The summed E-state index contributed by atoms with van der Waals surface area (Å²) in [5, 5.41) is 3.75. The zero-order valence-electron chi connectivity index (χ0n) is 18.1. The van der Waals surface area contributed by atoms with Crippen LogP contribution in [0.3, 0.4) is 0 Å². The van der Waals surface area contributed by atoms with E-state index in [1.54, 1.807) is 18.2 Å². The third-order valence-electron chi connectivity index (χ3n) is 5.74. The number of aromatic amines is 1. The van der Waals surface area contributed by atoms with E-state index < -0.39 is 27.9 Å². The molecule has 0 spiro atoms. The van der Waals surface area contributed by atoms with E-state index in [2.05, 4.69) is 10.3 Å². The van der Waals surface area contributed by atoms with Gasteiger partial charge < -0.3 is 15.0 Å². The Kier molecular flexibility index (Phi) is 5.68. The van der Waals surface area contributed by atoms with E-state index in [1.807, 2.05) is 37.4 Å². The van der Waals surface area contributed by atoms with Gasteiger partial charge in [0, 0.05) is 35.1 Å². The predicted molar refractivity (Wildman–Crippen MR) is 122 cm³/mol. The van der Waals surface area contributed by atoms with Crippen molar-refractivity contribution in [1.29, 1.82) is 0 Å². The minimum atomic E-state index is -3.41. The van der Waals surface area contributed by atoms with Crippen molar-refractivity contribution in [2.45, 2.75) is 31.8 Å². The second kappa shape index (κ2) is 8.31. The van der Waals surface area contributed by atoms with Crippen molar-refractivity contribution >= 4 is 38.5 Å². The Morgan fingerprint density at radius 1 is 1.25 bits per heavy atom. The number of carbonyl (C=O) groups excluding carboxylic acids is 2. The van der Waals surface area contributed by atoms with Gasteiger partial charge in [0.2, 0.25) is 10.0 Å². The highest BCUT2D eigenvalue weighted by Gasteiger charge is 2.33. The minimum absolute atomic E-state index is 0.219. The molecule has 0 saturated heterocycles. The molecule has 2 N–H and O–H groups in total.